The van der Waals surface area contributed by atoms with Crippen molar-refractivity contribution < 1.29 is 0 Å². The minimum atomic E-state index is 0.276. The smallest absolute Gasteiger partial charge is 0.0406 e. The van der Waals surface area contributed by atoms with E-state index in [1.807, 2.05) is 6.92 Å². The van der Waals surface area contributed by atoms with Gasteiger partial charge in [-0.2, -0.15) is 0 Å². The Morgan fingerprint density at radius 1 is 1.44 bits per heavy atom. The fourth-order valence-electron chi connectivity index (χ4n) is 0.232. The number of hydrogen-bond acceptors (Lipinski definition) is 2. The summed E-state index contributed by atoms with van der Waals surface area (Å²) in [5, 5.41) is 0.276. The average molecular weight is 205 g/mol. The first kappa shape index (κ1) is 10.3. The molecule has 0 spiro atoms. The van der Waals surface area contributed by atoms with Gasteiger partial charge in [0.25, 0.3) is 0 Å². The Labute approximate surface area is 74.5 Å². The third-order valence-corrected chi connectivity index (χ3v) is 3.87. The van der Waals surface area contributed by atoms with Gasteiger partial charge in [-0.05, 0) is 6.92 Å². The van der Waals surface area contributed by atoms with Crippen LogP contribution in [0.4, 0.5) is 0 Å². The summed E-state index contributed by atoms with van der Waals surface area (Å²) in [4.78, 5) is 0. The van der Waals surface area contributed by atoms with Crippen molar-refractivity contribution in [3.63, 3.8) is 0 Å². The van der Waals surface area contributed by atoms with Crippen LogP contribution >= 0.6 is 44.8 Å². The first-order valence-electron chi connectivity index (χ1n) is 2.72. The van der Waals surface area contributed by atoms with Crippen LogP contribution in [0.3, 0.4) is 0 Å². The van der Waals surface area contributed by atoms with E-state index in [1.165, 1.54) is 0 Å². The third kappa shape index (κ3) is 9.28. The van der Waals surface area contributed by atoms with E-state index in [-0.39, 0.29) is 5.38 Å². The van der Waals surface area contributed by atoms with Crippen molar-refractivity contribution in [2.24, 2.45) is 0 Å². The van der Waals surface area contributed by atoms with Gasteiger partial charge in [0.2, 0.25) is 0 Å². The predicted molar refractivity (Wildman–Crippen MR) is 51.0 cm³/mol. The number of hydrogen-bond donors (Lipinski definition) is 0. The summed E-state index contributed by atoms with van der Waals surface area (Å²) in [6, 6.07) is 0. The molecule has 0 aliphatic rings. The van der Waals surface area contributed by atoms with E-state index in [0.717, 1.165) is 17.4 Å². The molecule has 56 valence electrons. The Hall–Kier alpha value is 1.28. The lowest BCUT2D eigenvalue weighted by Gasteiger charge is -1.99. The van der Waals surface area contributed by atoms with Crippen molar-refractivity contribution in [3.8, 4) is 0 Å². The van der Waals surface area contributed by atoms with Crippen LogP contribution in [0.15, 0.2) is 0 Å². The van der Waals surface area contributed by atoms with Gasteiger partial charge < -0.3 is 0 Å². The molecule has 0 heterocycles. The summed E-state index contributed by atoms with van der Waals surface area (Å²) < 4.78 is 0. The maximum Gasteiger partial charge on any atom is 0.0406 e. The molecule has 0 saturated carbocycles. The van der Waals surface area contributed by atoms with E-state index in [9.17, 15) is 0 Å². The number of rotatable bonds is 5. The first-order chi connectivity index (χ1) is 4.27. The monoisotopic (exact) mass is 204 g/mol. The van der Waals surface area contributed by atoms with Crippen LogP contribution in [0.2, 0.25) is 0 Å². The Morgan fingerprint density at radius 2 is 2.11 bits per heavy atom. The zero-order valence-corrected chi connectivity index (χ0v) is 8.42. The van der Waals surface area contributed by atoms with Crippen molar-refractivity contribution in [2.45, 2.75) is 12.3 Å². The largest absolute Gasteiger partial charge is 0.126 e. The Bertz CT molecular complexity index is 58.9. The molecule has 4 heteroatoms. The zero-order chi connectivity index (χ0) is 7.11. The molecule has 0 saturated heterocycles. The minimum absolute atomic E-state index is 0.276. The highest BCUT2D eigenvalue weighted by Gasteiger charge is 1.95. The van der Waals surface area contributed by atoms with Gasteiger partial charge in [0.15, 0.2) is 0 Å². The Balaban J connectivity index is 2.75. The summed E-state index contributed by atoms with van der Waals surface area (Å²) in [7, 11) is 3.57. The first-order valence-corrected chi connectivity index (χ1v) is 6.17. The summed E-state index contributed by atoms with van der Waals surface area (Å²) in [5.74, 6) is 2.74. The molecular weight excluding hydrogens is 195 g/mol. The van der Waals surface area contributed by atoms with Gasteiger partial charge in [0, 0.05) is 22.8 Å². The topological polar surface area (TPSA) is 0 Å². The van der Waals surface area contributed by atoms with Crippen LogP contribution in [-0.2, 0) is 0 Å². The SMILES string of the molecule is CC(Cl)CSSCCCl. The molecule has 1 atom stereocenters. The van der Waals surface area contributed by atoms with E-state index < -0.39 is 0 Å². The highest BCUT2D eigenvalue weighted by atomic mass is 35.5. The van der Waals surface area contributed by atoms with Crippen molar-refractivity contribution in [2.75, 3.05) is 17.4 Å². The maximum atomic E-state index is 5.69. The van der Waals surface area contributed by atoms with E-state index >= 15 is 0 Å². The zero-order valence-electron chi connectivity index (χ0n) is 5.27. The summed E-state index contributed by atoms with van der Waals surface area (Å²) in [6.07, 6.45) is 0. The second-order valence-corrected chi connectivity index (χ2v) is 5.33. The molecule has 0 aliphatic heterocycles. The van der Waals surface area contributed by atoms with Crippen molar-refractivity contribution in [1.82, 2.24) is 0 Å². The quantitative estimate of drug-likeness (QED) is 0.384. The summed E-state index contributed by atoms with van der Waals surface area (Å²) in [5.41, 5.74) is 0. The molecule has 0 aromatic heterocycles. The standard InChI is InChI=1S/C5H10Cl2S2/c1-5(7)4-9-8-3-2-6/h5H,2-4H2,1H3. The molecule has 9 heavy (non-hydrogen) atoms. The molecule has 0 rings (SSSR count). The highest BCUT2D eigenvalue weighted by Crippen LogP contribution is 2.22. The molecule has 0 radical (unpaired) electrons. The Kier molecular flexibility index (Phi) is 8.44. The van der Waals surface area contributed by atoms with Crippen molar-refractivity contribution in [1.29, 1.82) is 0 Å². The fourth-order valence-corrected chi connectivity index (χ4v) is 3.12. The van der Waals surface area contributed by atoms with Crippen molar-refractivity contribution in [3.05, 3.63) is 0 Å². The molecule has 0 aliphatic carbocycles. The molecule has 0 fully saturated rings. The second-order valence-electron chi connectivity index (χ2n) is 1.58. The van der Waals surface area contributed by atoms with Gasteiger partial charge in [-0.1, -0.05) is 21.6 Å². The number of alkyl halides is 2. The van der Waals surface area contributed by atoms with Crippen LogP contribution in [0.25, 0.3) is 0 Å². The maximum absolute atomic E-state index is 5.69. The molecule has 0 aromatic rings. The molecule has 1 unspecified atom stereocenters. The molecule has 0 amide bonds. The third-order valence-electron chi connectivity index (χ3n) is 0.542. The van der Waals surface area contributed by atoms with Gasteiger partial charge in [-0.3, -0.25) is 0 Å². The van der Waals surface area contributed by atoms with Crippen LogP contribution in [0.5, 0.6) is 0 Å². The molecule has 0 N–H and O–H groups in total. The van der Waals surface area contributed by atoms with E-state index in [4.69, 9.17) is 23.2 Å². The van der Waals surface area contributed by atoms with Gasteiger partial charge in [-0.25, -0.2) is 0 Å². The summed E-state index contributed by atoms with van der Waals surface area (Å²) in [6.45, 7) is 2.00. The second kappa shape index (κ2) is 7.39. The number of halogens is 2. The van der Waals surface area contributed by atoms with Crippen LogP contribution in [-0.4, -0.2) is 22.8 Å². The lowest BCUT2D eigenvalue weighted by atomic mass is 10.6. The van der Waals surface area contributed by atoms with Gasteiger partial charge in [0.05, 0.1) is 0 Å². The van der Waals surface area contributed by atoms with Crippen LogP contribution < -0.4 is 0 Å². The summed E-state index contributed by atoms with van der Waals surface area (Å²) >= 11 is 11.1. The molecule has 0 bridgehead atoms. The van der Waals surface area contributed by atoms with Gasteiger partial charge in [-0.15, -0.1) is 23.2 Å². The van der Waals surface area contributed by atoms with Crippen LogP contribution in [0.1, 0.15) is 6.92 Å². The fraction of sp³-hybridized carbons (Fsp3) is 1.00. The highest BCUT2D eigenvalue weighted by molar-refractivity contribution is 8.76. The molecule has 0 nitrogen and oxygen atoms in total. The van der Waals surface area contributed by atoms with Crippen molar-refractivity contribution >= 4 is 44.8 Å². The molecular formula is C5H10Cl2S2. The normalized spacial score (nSPS) is 13.7. The molecule has 0 aromatic carbocycles. The minimum Gasteiger partial charge on any atom is -0.126 e. The van der Waals surface area contributed by atoms with Crippen LogP contribution in [0, 0.1) is 0 Å². The van der Waals surface area contributed by atoms with Gasteiger partial charge in [0.1, 0.15) is 0 Å². The van der Waals surface area contributed by atoms with E-state index in [0.29, 0.717) is 0 Å². The Morgan fingerprint density at radius 3 is 2.56 bits per heavy atom. The van der Waals surface area contributed by atoms with Gasteiger partial charge >= 0.3 is 0 Å². The lowest BCUT2D eigenvalue weighted by Crippen LogP contribution is -1.92. The van der Waals surface area contributed by atoms with E-state index in [1.54, 1.807) is 21.6 Å². The predicted octanol–water partition coefficient (Wildman–Crippen LogP) is 3.23. The average Bonchev–Trinajstić information content (AvgIpc) is 1.80. The lowest BCUT2D eigenvalue weighted by molar-refractivity contribution is 1.12. The van der Waals surface area contributed by atoms with E-state index in [2.05, 4.69) is 0 Å².